The van der Waals surface area contributed by atoms with Gasteiger partial charge in [0, 0.05) is 12.1 Å². The lowest BCUT2D eigenvalue weighted by atomic mass is 9.85. The first-order valence-electron chi connectivity index (χ1n) is 8.09. The molecule has 0 aliphatic rings. The van der Waals surface area contributed by atoms with Crippen LogP contribution in [0, 0.1) is 5.92 Å². The van der Waals surface area contributed by atoms with Gasteiger partial charge in [0.1, 0.15) is 5.75 Å². The SMILES string of the molecule is CC(c1ccccc1)C(CC(=O)Nc1ccc(OC(F)(F)F)cc1)C(=O)O. The molecular formula is C19H18F3NO4. The Morgan fingerprint density at radius 3 is 2.19 bits per heavy atom. The fraction of sp³-hybridized carbons (Fsp3) is 0.263. The van der Waals surface area contributed by atoms with E-state index in [2.05, 4.69) is 10.1 Å². The minimum absolute atomic E-state index is 0.242. The van der Waals surface area contributed by atoms with Crippen molar-refractivity contribution in [1.29, 1.82) is 0 Å². The van der Waals surface area contributed by atoms with Crippen LogP contribution in [0.4, 0.5) is 18.9 Å². The molecule has 0 saturated carbocycles. The molecule has 0 bridgehead atoms. The first kappa shape index (κ1) is 20.3. The number of hydrogen-bond donors (Lipinski definition) is 2. The van der Waals surface area contributed by atoms with Crippen LogP contribution in [0.5, 0.6) is 5.75 Å². The Bertz CT molecular complexity index is 776. The highest BCUT2D eigenvalue weighted by Crippen LogP contribution is 2.28. The third kappa shape index (κ3) is 6.32. The molecule has 8 heteroatoms. The van der Waals surface area contributed by atoms with Gasteiger partial charge in [0.05, 0.1) is 5.92 Å². The molecule has 1 amide bonds. The van der Waals surface area contributed by atoms with Gasteiger partial charge >= 0.3 is 12.3 Å². The second-order valence-electron chi connectivity index (χ2n) is 5.97. The van der Waals surface area contributed by atoms with Crippen LogP contribution in [0.15, 0.2) is 54.6 Å². The van der Waals surface area contributed by atoms with Crippen LogP contribution in [0.25, 0.3) is 0 Å². The molecule has 2 aromatic rings. The smallest absolute Gasteiger partial charge is 0.481 e. The van der Waals surface area contributed by atoms with Crippen LogP contribution in [-0.2, 0) is 9.59 Å². The summed E-state index contributed by atoms with van der Waals surface area (Å²) in [4.78, 5) is 23.8. The van der Waals surface area contributed by atoms with E-state index in [0.717, 1.165) is 17.7 Å². The van der Waals surface area contributed by atoms with Crippen molar-refractivity contribution in [1.82, 2.24) is 0 Å². The topological polar surface area (TPSA) is 75.6 Å². The quantitative estimate of drug-likeness (QED) is 0.745. The standard InChI is InChI=1S/C19H18F3NO4/c1-12(13-5-3-2-4-6-13)16(18(25)26)11-17(24)23-14-7-9-15(10-8-14)27-19(20,21)22/h2-10,12,16H,11H2,1H3,(H,23,24)(H,25,26). The highest BCUT2D eigenvalue weighted by Gasteiger charge is 2.31. The van der Waals surface area contributed by atoms with E-state index in [-0.39, 0.29) is 12.1 Å². The normalized spacial score (nSPS) is 13.5. The van der Waals surface area contributed by atoms with Gasteiger partial charge in [-0.2, -0.15) is 0 Å². The number of carboxylic acids is 1. The van der Waals surface area contributed by atoms with Gasteiger partial charge in [0.2, 0.25) is 5.91 Å². The van der Waals surface area contributed by atoms with E-state index < -0.39 is 35.8 Å². The summed E-state index contributed by atoms with van der Waals surface area (Å²) in [6.45, 7) is 1.73. The summed E-state index contributed by atoms with van der Waals surface area (Å²) in [5.74, 6) is -3.40. The fourth-order valence-electron chi connectivity index (χ4n) is 2.62. The van der Waals surface area contributed by atoms with Crippen molar-refractivity contribution in [3.05, 3.63) is 60.2 Å². The number of benzene rings is 2. The average molecular weight is 381 g/mol. The molecule has 2 atom stereocenters. The van der Waals surface area contributed by atoms with Gasteiger partial charge in [-0.3, -0.25) is 9.59 Å². The molecule has 0 aliphatic carbocycles. The molecule has 0 spiro atoms. The number of carbonyl (C=O) groups is 2. The summed E-state index contributed by atoms with van der Waals surface area (Å²) in [7, 11) is 0. The number of carboxylic acid groups (broad SMARTS) is 1. The molecule has 2 rings (SSSR count). The number of carbonyl (C=O) groups excluding carboxylic acids is 1. The summed E-state index contributed by atoms with van der Waals surface area (Å²) in [6.07, 6.45) is -5.07. The number of anilines is 1. The van der Waals surface area contributed by atoms with Crippen LogP contribution in [-0.4, -0.2) is 23.3 Å². The van der Waals surface area contributed by atoms with Crippen molar-refractivity contribution in [2.75, 3.05) is 5.32 Å². The zero-order valence-electron chi connectivity index (χ0n) is 14.4. The van der Waals surface area contributed by atoms with Gasteiger partial charge < -0.3 is 15.2 Å². The summed E-state index contributed by atoms with van der Waals surface area (Å²) < 4.78 is 40.2. The lowest BCUT2D eigenvalue weighted by molar-refractivity contribution is -0.274. The van der Waals surface area contributed by atoms with Gasteiger partial charge in [-0.15, -0.1) is 13.2 Å². The van der Waals surface area contributed by atoms with E-state index in [0.29, 0.717) is 0 Å². The molecule has 2 N–H and O–H groups in total. The summed E-state index contributed by atoms with van der Waals surface area (Å²) in [6, 6.07) is 13.6. The second-order valence-corrected chi connectivity index (χ2v) is 5.97. The van der Waals surface area contributed by atoms with Crippen LogP contribution >= 0.6 is 0 Å². The molecule has 0 saturated heterocycles. The van der Waals surface area contributed by atoms with Crippen molar-refractivity contribution < 1.29 is 32.6 Å². The maximum atomic E-state index is 12.2. The molecule has 5 nitrogen and oxygen atoms in total. The summed E-state index contributed by atoms with van der Waals surface area (Å²) in [5, 5.41) is 11.9. The Morgan fingerprint density at radius 2 is 1.67 bits per heavy atom. The zero-order valence-corrected chi connectivity index (χ0v) is 14.4. The number of aliphatic carboxylic acids is 1. The molecule has 0 aromatic heterocycles. The number of nitrogens with one attached hydrogen (secondary N) is 1. The molecule has 2 aromatic carbocycles. The predicted molar refractivity (Wildman–Crippen MR) is 92.4 cm³/mol. The third-order valence-electron chi connectivity index (χ3n) is 4.02. The van der Waals surface area contributed by atoms with E-state index in [1.165, 1.54) is 12.1 Å². The largest absolute Gasteiger partial charge is 0.573 e. The van der Waals surface area contributed by atoms with E-state index >= 15 is 0 Å². The molecular weight excluding hydrogens is 363 g/mol. The summed E-state index contributed by atoms with van der Waals surface area (Å²) >= 11 is 0. The maximum absolute atomic E-state index is 12.2. The van der Waals surface area contributed by atoms with Crippen LogP contribution < -0.4 is 10.1 Å². The Morgan fingerprint density at radius 1 is 1.07 bits per heavy atom. The Hall–Kier alpha value is -3.03. The maximum Gasteiger partial charge on any atom is 0.573 e. The van der Waals surface area contributed by atoms with E-state index in [1.807, 2.05) is 6.07 Å². The molecule has 0 fully saturated rings. The second kappa shape index (κ2) is 8.57. The Labute approximate surface area is 153 Å². The first-order chi connectivity index (χ1) is 12.7. The number of halogens is 3. The molecule has 0 aliphatic heterocycles. The highest BCUT2D eigenvalue weighted by atomic mass is 19.4. The number of ether oxygens (including phenoxy) is 1. The minimum Gasteiger partial charge on any atom is -0.481 e. The first-order valence-corrected chi connectivity index (χ1v) is 8.09. The van der Waals surface area contributed by atoms with Crippen molar-refractivity contribution in [3.8, 4) is 5.75 Å². The highest BCUT2D eigenvalue weighted by molar-refractivity contribution is 5.93. The van der Waals surface area contributed by atoms with Gasteiger partial charge in [0.25, 0.3) is 0 Å². The molecule has 0 heterocycles. The van der Waals surface area contributed by atoms with E-state index in [9.17, 15) is 27.9 Å². The predicted octanol–water partition coefficient (Wildman–Crippen LogP) is 4.42. The zero-order chi connectivity index (χ0) is 20.0. The van der Waals surface area contributed by atoms with Crippen molar-refractivity contribution >= 4 is 17.6 Å². The number of hydrogen-bond acceptors (Lipinski definition) is 3. The monoisotopic (exact) mass is 381 g/mol. The Balaban J connectivity index is 2.01. The molecule has 144 valence electrons. The fourth-order valence-corrected chi connectivity index (χ4v) is 2.62. The van der Waals surface area contributed by atoms with Crippen LogP contribution in [0.1, 0.15) is 24.8 Å². The van der Waals surface area contributed by atoms with E-state index in [1.54, 1.807) is 31.2 Å². The molecule has 27 heavy (non-hydrogen) atoms. The third-order valence-corrected chi connectivity index (χ3v) is 4.02. The van der Waals surface area contributed by atoms with Crippen LogP contribution in [0.2, 0.25) is 0 Å². The number of rotatable bonds is 7. The minimum atomic E-state index is -4.80. The van der Waals surface area contributed by atoms with Gasteiger partial charge in [0.15, 0.2) is 0 Å². The van der Waals surface area contributed by atoms with Crippen molar-refractivity contribution in [2.45, 2.75) is 25.6 Å². The summed E-state index contributed by atoms with van der Waals surface area (Å²) in [5.41, 5.74) is 1.04. The van der Waals surface area contributed by atoms with E-state index in [4.69, 9.17) is 0 Å². The van der Waals surface area contributed by atoms with Crippen LogP contribution in [0.3, 0.4) is 0 Å². The van der Waals surface area contributed by atoms with Crippen molar-refractivity contribution in [3.63, 3.8) is 0 Å². The molecule has 0 radical (unpaired) electrons. The van der Waals surface area contributed by atoms with Gasteiger partial charge in [-0.1, -0.05) is 37.3 Å². The van der Waals surface area contributed by atoms with Gasteiger partial charge in [-0.05, 0) is 35.7 Å². The lowest BCUT2D eigenvalue weighted by Crippen LogP contribution is -2.26. The number of amides is 1. The Kier molecular flexibility index (Phi) is 6.44. The van der Waals surface area contributed by atoms with Gasteiger partial charge in [-0.25, -0.2) is 0 Å². The lowest BCUT2D eigenvalue weighted by Gasteiger charge is -2.20. The average Bonchev–Trinajstić information content (AvgIpc) is 2.60. The molecule has 2 unspecified atom stereocenters. The number of alkyl halides is 3. The van der Waals surface area contributed by atoms with Crippen molar-refractivity contribution in [2.24, 2.45) is 5.92 Å².